The van der Waals surface area contributed by atoms with Gasteiger partial charge in [0.2, 0.25) is 0 Å². The number of nitrogens with one attached hydrogen (secondary N) is 2. The van der Waals surface area contributed by atoms with Gasteiger partial charge in [-0.1, -0.05) is 0 Å². The van der Waals surface area contributed by atoms with E-state index in [2.05, 4.69) is 15.2 Å². The highest BCUT2D eigenvalue weighted by atomic mass is 16.4. The highest BCUT2D eigenvalue weighted by molar-refractivity contribution is 5.90. The summed E-state index contributed by atoms with van der Waals surface area (Å²) >= 11 is 0. The third-order valence-corrected chi connectivity index (χ3v) is 1.85. The minimum atomic E-state index is -1.04. The van der Waals surface area contributed by atoms with Gasteiger partial charge in [0.15, 0.2) is 0 Å². The van der Waals surface area contributed by atoms with E-state index in [9.17, 15) is 4.79 Å². The third kappa shape index (κ3) is 1.22. The number of aromatic nitrogens is 3. The Morgan fingerprint density at radius 2 is 2.36 bits per heavy atom. The smallest absolute Gasteiger partial charge is 0.352 e. The van der Waals surface area contributed by atoms with Crippen molar-refractivity contribution in [3.05, 3.63) is 24.0 Å². The summed E-state index contributed by atoms with van der Waals surface area (Å²) in [5, 5.41) is 15.1. The molecule has 0 atom stereocenters. The molecule has 0 spiro atoms. The number of carbonyl (C=O) groups is 1. The Morgan fingerprint density at radius 3 is 2.86 bits per heavy atom. The van der Waals surface area contributed by atoms with Gasteiger partial charge in [0.1, 0.15) is 5.69 Å². The van der Waals surface area contributed by atoms with Crippen LogP contribution in [0.1, 0.15) is 10.5 Å². The molecule has 0 unspecified atom stereocenters. The van der Waals surface area contributed by atoms with Gasteiger partial charge in [-0.15, -0.1) is 0 Å². The van der Waals surface area contributed by atoms with E-state index in [1.54, 1.807) is 12.3 Å². The van der Waals surface area contributed by atoms with Crippen LogP contribution in [0.25, 0.3) is 11.4 Å². The van der Waals surface area contributed by atoms with Crippen molar-refractivity contribution < 1.29 is 9.90 Å². The lowest BCUT2D eigenvalue weighted by Crippen LogP contribution is -1.95. The maximum atomic E-state index is 10.6. The average molecular weight is 192 g/mol. The van der Waals surface area contributed by atoms with Crippen LogP contribution in [0, 0.1) is 0 Å². The largest absolute Gasteiger partial charge is 0.477 e. The Labute approximate surface area is 78.8 Å². The van der Waals surface area contributed by atoms with E-state index in [4.69, 9.17) is 10.8 Å². The zero-order valence-corrected chi connectivity index (χ0v) is 7.11. The SMILES string of the molecule is Nc1cc(C(=O)O)[nH]c1-c1ccn[nH]1. The summed E-state index contributed by atoms with van der Waals surface area (Å²) in [5.41, 5.74) is 7.27. The minimum Gasteiger partial charge on any atom is -0.477 e. The van der Waals surface area contributed by atoms with Crippen molar-refractivity contribution >= 4 is 11.7 Å². The van der Waals surface area contributed by atoms with Gasteiger partial charge in [0, 0.05) is 6.20 Å². The highest BCUT2D eigenvalue weighted by Gasteiger charge is 2.12. The predicted molar refractivity (Wildman–Crippen MR) is 49.7 cm³/mol. The molecule has 0 saturated heterocycles. The molecular weight excluding hydrogens is 184 g/mol. The van der Waals surface area contributed by atoms with Gasteiger partial charge in [0.25, 0.3) is 0 Å². The van der Waals surface area contributed by atoms with Crippen molar-refractivity contribution in [1.82, 2.24) is 15.2 Å². The lowest BCUT2D eigenvalue weighted by molar-refractivity contribution is 0.0691. The topological polar surface area (TPSA) is 108 Å². The average Bonchev–Trinajstić information content (AvgIpc) is 2.71. The normalized spacial score (nSPS) is 10.3. The van der Waals surface area contributed by atoms with E-state index in [1.807, 2.05) is 0 Å². The van der Waals surface area contributed by atoms with E-state index in [1.165, 1.54) is 6.07 Å². The number of hydrogen-bond donors (Lipinski definition) is 4. The first-order chi connectivity index (χ1) is 6.68. The van der Waals surface area contributed by atoms with Crippen LogP contribution in [0.2, 0.25) is 0 Å². The number of rotatable bonds is 2. The standard InChI is InChI=1S/C8H8N4O2/c9-4-3-6(8(13)14)11-7(4)5-1-2-10-12-5/h1-3,11H,9H2,(H,10,12)(H,13,14). The van der Waals surface area contributed by atoms with Crippen LogP contribution in [0.3, 0.4) is 0 Å². The molecule has 14 heavy (non-hydrogen) atoms. The lowest BCUT2D eigenvalue weighted by Gasteiger charge is -1.93. The number of aromatic amines is 2. The molecule has 0 aliphatic heterocycles. The number of carboxylic acid groups (broad SMARTS) is 1. The maximum Gasteiger partial charge on any atom is 0.352 e. The molecular formula is C8H8N4O2. The van der Waals surface area contributed by atoms with Gasteiger partial charge in [-0.05, 0) is 12.1 Å². The Hall–Kier alpha value is -2.24. The Kier molecular flexibility index (Phi) is 1.74. The second-order valence-corrected chi connectivity index (χ2v) is 2.79. The van der Waals surface area contributed by atoms with Gasteiger partial charge < -0.3 is 15.8 Å². The molecule has 0 bridgehead atoms. The van der Waals surface area contributed by atoms with Crippen LogP contribution < -0.4 is 5.73 Å². The molecule has 5 N–H and O–H groups in total. The van der Waals surface area contributed by atoms with Gasteiger partial charge in [-0.2, -0.15) is 5.10 Å². The predicted octanol–water partition coefficient (Wildman–Crippen LogP) is 0.685. The van der Waals surface area contributed by atoms with Crippen molar-refractivity contribution in [1.29, 1.82) is 0 Å². The minimum absolute atomic E-state index is 0.0621. The fraction of sp³-hybridized carbons (Fsp3) is 0. The molecule has 0 aromatic carbocycles. The summed E-state index contributed by atoms with van der Waals surface area (Å²) in [6.07, 6.45) is 1.57. The van der Waals surface area contributed by atoms with Gasteiger partial charge in [-0.25, -0.2) is 4.79 Å². The van der Waals surface area contributed by atoms with Gasteiger partial charge in [0.05, 0.1) is 17.1 Å². The molecule has 0 saturated carbocycles. The molecule has 2 aromatic rings. The molecule has 2 heterocycles. The summed E-state index contributed by atoms with van der Waals surface area (Å²) in [6.45, 7) is 0. The number of nitrogens with zero attached hydrogens (tertiary/aromatic N) is 1. The lowest BCUT2D eigenvalue weighted by atomic mass is 10.3. The van der Waals surface area contributed by atoms with E-state index in [-0.39, 0.29) is 5.69 Å². The Bertz CT molecular complexity index is 458. The first kappa shape index (κ1) is 8.36. The number of nitrogen functional groups attached to an aromatic ring is 1. The fourth-order valence-corrected chi connectivity index (χ4v) is 1.20. The van der Waals surface area contributed by atoms with Crippen molar-refractivity contribution in [2.45, 2.75) is 0 Å². The second-order valence-electron chi connectivity index (χ2n) is 2.79. The Morgan fingerprint density at radius 1 is 1.57 bits per heavy atom. The fourth-order valence-electron chi connectivity index (χ4n) is 1.20. The quantitative estimate of drug-likeness (QED) is 0.561. The van der Waals surface area contributed by atoms with Crippen LogP contribution in [-0.4, -0.2) is 26.3 Å². The zero-order chi connectivity index (χ0) is 10.1. The molecule has 6 nitrogen and oxygen atoms in total. The monoisotopic (exact) mass is 192 g/mol. The van der Waals surface area contributed by atoms with Crippen LogP contribution in [-0.2, 0) is 0 Å². The maximum absolute atomic E-state index is 10.6. The van der Waals surface area contributed by atoms with Crippen LogP contribution >= 0.6 is 0 Å². The van der Waals surface area contributed by atoms with E-state index < -0.39 is 5.97 Å². The van der Waals surface area contributed by atoms with Gasteiger partial charge in [-0.3, -0.25) is 5.10 Å². The molecule has 6 heteroatoms. The molecule has 72 valence electrons. The number of anilines is 1. The summed E-state index contributed by atoms with van der Waals surface area (Å²) in [5.74, 6) is -1.04. The first-order valence-corrected chi connectivity index (χ1v) is 3.90. The van der Waals surface area contributed by atoms with E-state index >= 15 is 0 Å². The third-order valence-electron chi connectivity index (χ3n) is 1.85. The van der Waals surface area contributed by atoms with Crippen molar-refractivity contribution in [2.75, 3.05) is 5.73 Å². The van der Waals surface area contributed by atoms with E-state index in [0.29, 0.717) is 17.1 Å². The molecule has 0 aliphatic rings. The van der Waals surface area contributed by atoms with Gasteiger partial charge >= 0.3 is 5.97 Å². The molecule has 0 aliphatic carbocycles. The second kappa shape index (κ2) is 2.91. The van der Waals surface area contributed by atoms with Crippen molar-refractivity contribution in [3.63, 3.8) is 0 Å². The number of carboxylic acids is 1. The van der Waals surface area contributed by atoms with Crippen LogP contribution in [0.4, 0.5) is 5.69 Å². The summed E-state index contributed by atoms with van der Waals surface area (Å²) in [6, 6.07) is 3.08. The molecule has 0 fully saturated rings. The zero-order valence-electron chi connectivity index (χ0n) is 7.11. The van der Waals surface area contributed by atoms with Crippen molar-refractivity contribution in [3.8, 4) is 11.4 Å². The number of H-pyrrole nitrogens is 2. The summed E-state index contributed by atoms with van der Waals surface area (Å²) in [4.78, 5) is 13.3. The molecule has 0 amide bonds. The van der Waals surface area contributed by atoms with E-state index in [0.717, 1.165) is 0 Å². The van der Waals surface area contributed by atoms with Crippen molar-refractivity contribution in [2.24, 2.45) is 0 Å². The first-order valence-electron chi connectivity index (χ1n) is 3.90. The van der Waals surface area contributed by atoms with Crippen LogP contribution in [0.15, 0.2) is 18.3 Å². The molecule has 0 radical (unpaired) electrons. The van der Waals surface area contributed by atoms with Crippen LogP contribution in [0.5, 0.6) is 0 Å². The summed E-state index contributed by atoms with van der Waals surface area (Å²) < 4.78 is 0. The molecule has 2 aromatic heterocycles. The number of nitrogens with two attached hydrogens (primary N) is 1. The number of hydrogen-bond acceptors (Lipinski definition) is 3. The number of aromatic carboxylic acids is 1. The highest BCUT2D eigenvalue weighted by Crippen LogP contribution is 2.23. The molecule has 2 rings (SSSR count). The summed E-state index contributed by atoms with van der Waals surface area (Å²) in [7, 11) is 0. The Balaban J connectivity index is 2.50.